The van der Waals surface area contributed by atoms with Gasteiger partial charge in [0.1, 0.15) is 17.2 Å². The number of hydrogen-bond acceptors (Lipinski definition) is 4. The highest BCUT2D eigenvalue weighted by Crippen LogP contribution is 2.40. The van der Waals surface area contributed by atoms with Gasteiger partial charge in [-0.3, -0.25) is 9.78 Å². The number of nitrogens with one attached hydrogen (secondary N) is 1. The standard InChI is InChI=1S/C24H27FN4O/c1-3-22(29-24(30)18-13-27-15(2)28-14-18)17-9-7-16(8-10-17)19-11-12-26-23-20(19)5-4-6-21(23)25/h4-6,11-14,16-17,22H,3,7-10H2,1-2H3,(H,29,30)/t16?,17?,22-/m1/s1. The van der Waals surface area contributed by atoms with Gasteiger partial charge in [0.05, 0.1) is 5.56 Å². The molecule has 2 heterocycles. The molecule has 1 aliphatic rings. The van der Waals surface area contributed by atoms with E-state index in [1.165, 1.54) is 11.6 Å². The minimum absolute atomic E-state index is 0.112. The first kappa shape index (κ1) is 20.4. The number of carbonyl (C=O) groups is 1. The third-order valence-electron chi connectivity index (χ3n) is 6.34. The molecule has 1 aliphatic carbocycles. The number of hydrogen-bond donors (Lipinski definition) is 1. The van der Waals surface area contributed by atoms with Gasteiger partial charge in [-0.2, -0.15) is 0 Å². The number of pyridine rings is 1. The fraction of sp³-hybridized carbons (Fsp3) is 0.417. The third kappa shape index (κ3) is 4.18. The van der Waals surface area contributed by atoms with E-state index in [9.17, 15) is 9.18 Å². The Morgan fingerprint density at radius 1 is 1.13 bits per heavy atom. The fourth-order valence-corrected chi connectivity index (χ4v) is 4.66. The Bertz CT molecular complexity index is 1030. The molecule has 1 fully saturated rings. The van der Waals surface area contributed by atoms with E-state index in [0.717, 1.165) is 37.5 Å². The van der Waals surface area contributed by atoms with Crippen molar-refractivity contribution in [2.75, 3.05) is 0 Å². The molecule has 0 spiro atoms. The van der Waals surface area contributed by atoms with Crippen LogP contribution in [0.25, 0.3) is 10.9 Å². The number of benzene rings is 1. The SMILES string of the molecule is CC[C@@H](NC(=O)c1cnc(C)nc1)C1CCC(c2ccnc3c(F)cccc23)CC1. The van der Waals surface area contributed by atoms with Gasteiger partial charge in [-0.05, 0) is 68.6 Å². The van der Waals surface area contributed by atoms with Gasteiger partial charge in [-0.15, -0.1) is 0 Å². The fourth-order valence-electron chi connectivity index (χ4n) is 4.66. The zero-order valence-electron chi connectivity index (χ0n) is 17.4. The third-order valence-corrected chi connectivity index (χ3v) is 6.34. The molecular formula is C24H27FN4O. The van der Waals surface area contributed by atoms with Crippen LogP contribution in [0.4, 0.5) is 4.39 Å². The van der Waals surface area contributed by atoms with Gasteiger partial charge < -0.3 is 5.32 Å². The summed E-state index contributed by atoms with van der Waals surface area (Å²) >= 11 is 0. The molecule has 1 saturated carbocycles. The highest BCUT2D eigenvalue weighted by Gasteiger charge is 2.29. The first-order valence-electron chi connectivity index (χ1n) is 10.7. The van der Waals surface area contributed by atoms with Crippen molar-refractivity contribution in [1.29, 1.82) is 0 Å². The molecule has 1 N–H and O–H groups in total. The average Bonchev–Trinajstić information content (AvgIpc) is 2.78. The van der Waals surface area contributed by atoms with Crippen molar-refractivity contribution >= 4 is 16.8 Å². The maximum atomic E-state index is 14.1. The van der Waals surface area contributed by atoms with E-state index >= 15 is 0 Å². The monoisotopic (exact) mass is 406 g/mol. The average molecular weight is 407 g/mol. The second-order valence-corrected chi connectivity index (χ2v) is 8.16. The van der Waals surface area contributed by atoms with Crippen LogP contribution in [0.1, 0.15) is 66.7 Å². The molecule has 1 amide bonds. The van der Waals surface area contributed by atoms with Crippen molar-refractivity contribution in [3.05, 3.63) is 65.6 Å². The van der Waals surface area contributed by atoms with E-state index in [2.05, 4.69) is 27.2 Å². The number of carbonyl (C=O) groups excluding carboxylic acids is 1. The van der Waals surface area contributed by atoms with Crippen LogP contribution in [0.15, 0.2) is 42.9 Å². The summed E-state index contributed by atoms with van der Waals surface area (Å²) in [6.45, 7) is 3.91. The molecule has 0 radical (unpaired) electrons. The van der Waals surface area contributed by atoms with Crippen molar-refractivity contribution in [1.82, 2.24) is 20.3 Å². The molecule has 1 aromatic carbocycles. The van der Waals surface area contributed by atoms with Crippen LogP contribution >= 0.6 is 0 Å². The molecular weight excluding hydrogens is 379 g/mol. The molecule has 1 atom stereocenters. The van der Waals surface area contributed by atoms with E-state index in [1.54, 1.807) is 31.6 Å². The number of fused-ring (bicyclic) bond motifs is 1. The molecule has 3 aromatic rings. The molecule has 4 rings (SSSR count). The summed E-state index contributed by atoms with van der Waals surface area (Å²) in [6.07, 6.45) is 9.88. The van der Waals surface area contributed by atoms with Gasteiger partial charge in [0.25, 0.3) is 5.91 Å². The van der Waals surface area contributed by atoms with Gasteiger partial charge in [-0.25, -0.2) is 14.4 Å². The van der Waals surface area contributed by atoms with Crippen molar-refractivity contribution in [3.8, 4) is 0 Å². The Kier molecular flexibility index (Phi) is 6.02. The maximum absolute atomic E-state index is 14.1. The predicted molar refractivity (Wildman–Crippen MR) is 115 cm³/mol. The Balaban J connectivity index is 1.43. The Hall–Kier alpha value is -2.89. The highest BCUT2D eigenvalue weighted by atomic mass is 19.1. The molecule has 30 heavy (non-hydrogen) atoms. The number of aromatic nitrogens is 3. The summed E-state index contributed by atoms with van der Waals surface area (Å²) in [4.78, 5) is 25.1. The first-order valence-corrected chi connectivity index (χ1v) is 10.7. The lowest BCUT2D eigenvalue weighted by Gasteiger charge is -2.34. The van der Waals surface area contributed by atoms with Crippen molar-refractivity contribution in [2.45, 2.75) is 57.9 Å². The number of para-hydroxylation sites is 1. The van der Waals surface area contributed by atoms with Gasteiger partial charge >= 0.3 is 0 Å². The second kappa shape index (κ2) is 8.86. The lowest BCUT2D eigenvalue weighted by molar-refractivity contribution is 0.0908. The van der Waals surface area contributed by atoms with E-state index in [0.29, 0.717) is 28.7 Å². The number of nitrogens with zero attached hydrogens (tertiary/aromatic N) is 3. The second-order valence-electron chi connectivity index (χ2n) is 8.16. The number of aryl methyl sites for hydroxylation is 1. The van der Waals surface area contributed by atoms with E-state index in [4.69, 9.17) is 0 Å². The molecule has 2 aromatic heterocycles. The zero-order valence-corrected chi connectivity index (χ0v) is 17.4. The number of halogens is 1. The molecule has 6 heteroatoms. The first-order chi connectivity index (χ1) is 14.6. The van der Waals surface area contributed by atoms with Gasteiger partial charge in [0.2, 0.25) is 0 Å². The van der Waals surface area contributed by atoms with Crippen LogP contribution < -0.4 is 5.32 Å². The Morgan fingerprint density at radius 3 is 2.57 bits per heavy atom. The molecule has 0 bridgehead atoms. The lowest BCUT2D eigenvalue weighted by atomic mass is 9.75. The molecule has 0 saturated heterocycles. The van der Waals surface area contributed by atoms with E-state index in [-0.39, 0.29) is 17.8 Å². The molecule has 156 valence electrons. The smallest absolute Gasteiger partial charge is 0.254 e. The van der Waals surface area contributed by atoms with E-state index in [1.807, 2.05) is 12.1 Å². The quantitative estimate of drug-likeness (QED) is 0.651. The highest BCUT2D eigenvalue weighted by molar-refractivity contribution is 5.93. The van der Waals surface area contributed by atoms with Crippen LogP contribution in [-0.2, 0) is 0 Å². The van der Waals surface area contributed by atoms with E-state index < -0.39 is 0 Å². The maximum Gasteiger partial charge on any atom is 0.254 e. The van der Waals surface area contributed by atoms with Crippen LogP contribution in [-0.4, -0.2) is 26.9 Å². The van der Waals surface area contributed by atoms with Crippen molar-refractivity contribution in [2.24, 2.45) is 5.92 Å². The summed E-state index contributed by atoms with van der Waals surface area (Å²) in [5.74, 6) is 1.11. The summed E-state index contributed by atoms with van der Waals surface area (Å²) in [7, 11) is 0. The molecule has 0 aliphatic heterocycles. The normalized spacial score (nSPS) is 20.1. The summed E-state index contributed by atoms with van der Waals surface area (Å²) < 4.78 is 14.1. The summed E-state index contributed by atoms with van der Waals surface area (Å²) in [5, 5.41) is 4.10. The topological polar surface area (TPSA) is 67.8 Å². The van der Waals surface area contributed by atoms with Crippen LogP contribution in [0, 0.1) is 18.7 Å². The zero-order chi connectivity index (χ0) is 21.1. The van der Waals surface area contributed by atoms with Crippen molar-refractivity contribution in [3.63, 3.8) is 0 Å². The largest absolute Gasteiger partial charge is 0.349 e. The molecule has 0 unspecified atom stereocenters. The number of amides is 1. The van der Waals surface area contributed by atoms with Crippen LogP contribution in [0.5, 0.6) is 0 Å². The van der Waals surface area contributed by atoms with Gasteiger partial charge in [0.15, 0.2) is 0 Å². The lowest BCUT2D eigenvalue weighted by Crippen LogP contribution is -2.41. The Labute approximate surface area is 176 Å². The molecule has 5 nitrogen and oxygen atoms in total. The summed E-state index contributed by atoms with van der Waals surface area (Å²) in [5.41, 5.74) is 2.14. The van der Waals surface area contributed by atoms with Gasteiger partial charge in [0, 0.05) is 30.0 Å². The number of rotatable bonds is 5. The minimum atomic E-state index is -0.267. The van der Waals surface area contributed by atoms with Crippen LogP contribution in [0.2, 0.25) is 0 Å². The predicted octanol–water partition coefficient (Wildman–Crippen LogP) is 4.95. The Morgan fingerprint density at radius 2 is 1.87 bits per heavy atom. The van der Waals surface area contributed by atoms with Crippen molar-refractivity contribution < 1.29 is 9.18 Å². The van der Waals surface area contributed by atoms with Crippen LogP contribution in [0.3, 0.4) is 0 Å². The minimum Gasteiger partial charge on any atom is -0.349 e. The summed E-state index contributed by atoms with van der Waals surface area (Å²) in [6, 6.07) is 7.34. The van der Waals surface area contributed by atoms with Gasteiger partial charge in [-0.1, -0.05) is 19.1 Å².